The lowest BCUT2D eigenvalue weighted by Gasteiger charge is -2.36. The molecule has 1 saturated heterocycles. The Bertz CT molecular complexity index is 378. The van der Waals surface area contributed by atoms with Crippen LogP contribution in [0.2, 0.25) is 0 Å². The van der Waals surface area contributed by atoms with Gasteiger partial charge in [-0.1, -0.05) is 6.07 Å². The maximum atomic E-state index is 13.5. The molecule has 1 aliphatic heterocycles. The van der Waals surface area contributed by atoms with E-state index in [1.54, 1.807) is 6.07 Å². The highest BCUT2D eigenvalue weighted by Crippen LogP contribution is 2.23. The summed E-state index contributed by atoms with van der Waals surface area (Å²) in [6.07, 6.45) is 0. The monoisotopic (exact) mass is 239 g/mol. The first kappa shape index (κ1) is 12.3. The summed E-state index contributed by atoms with van der Waals surface area (Å²) in [4.78, 5) is 4.30. The number of hydrogen-bond donors (Lipinski definition) is 2. The van der Waals surface area contributed by atoms with Crippen molar-refractivity contribution < 1.29 is 9.60 Å². The van der Waals surface area contributed by atoms with Crippen molar-refractivity contribution in [3.63, 3.8) is 0 Å². The third-order valence-electron chi connectivity index (χ3n) is 3.25. The van der Waals surface area contributed by atoms with Crippen LogP contribution in [0.5, 0.6) is 0 Å². The van der Waals surface area contributed by atoms with E-state index in [1.807, 2.05) is 13.0 Å². The molecule has 0 aromatic heterocycles. The lowest BCUT2D eigenvalue weighted by Crippen LogP contribution is -2.49. The number of hydrogen-bond acceptors (Lipinski definition) is 4. The van der Waals surface area contributed by atoms with Gasteiger partial charge in [0, 0.05) is 37.4 Å². The molecular formula is C12H18FN3O. The van der Waals surface area contributed by atoms with Crippen molar-refractivity contribution >= 4 is 5.69 Å². The summed E-state index contributed by atoms with van der Waals surface area (Å²) in [6, 6.07) is 5.20. The van der Waals surface area contributed by atoms with Crippen LogP contribution in [-0.2, 0) is 0 Å². The quantitative estimate of drug-likeness (QED) is 0.777. The van der Waals surface area contributed by atoms with Crippen molar-refractivity contribution in [1.29, 1.82) is 0 Å². The van der Waals surface area contributed by atoms with E-state index in [0.717, 1.165) is 31.9 Å². The van der Waals surface area contributed by atoms with Gasteiger partial charge in [-0.3, -0.25) is 4.90 Å². The van der Waals surface area contributed by atoms with Gasteiger partial charge in [-0.25, -0.2) is 4.39 Å². The number of benzene rings is 1. The van der Waals surface area contributed by atoms with Gasteiger partial charge < -0.3 is 10.1 Å². The van der Waals surface area contributed by atoms with E-state index < -0.39 is 0 Å². The fourth-order valence-corrected chi connectivity index (χ4v) is 2.19. The molecule has 0 amide bonds. The zero-order chi connectivity index (χ0) is 12.3. The first-order valence-electron chi connectivity index (χ1n) is 5.81. The first-order chi connectivity index (χ1) is 8.22. The van der Waals surface area contributed by atoms with Gasteiger partial charge in [0.15, 0.2) is 0 Å². The van der Waals surface area contributed by atoms with Crippen molar-refractivity contribution in [2.75, 3.05) is 37.7 Å². The van der Waals surface area contributed by atoms with Crippen molar-refractivity contribution in [2.45, 2.75) is 6.92 Å². The van der Waals surface area contributed by atoms with E-state index >= 15 is 0 Å². The summed E-state index contributed by atoms with van der Waals surface area (Å²) in [5.74, 6) is -0.151. The van der Waals surface area contributed by atoms with Gasteiger partial charge in [-0.2, -0.15) is 5.48 Å². The molecule has 4 nitrogen and oxygen atoms in total. The molecule has 0 atom stereocenters. The largest absolute Gasteiger partial charge is 0.369 e. The predicted octanol–water partition coefficient (Wildman–Crippen LogP) is 1.19. The topological polar surface area (TPSA) is 38.7 Å². The lowest BCUT2D eigenvalue weighted by molar-refractivity contribution is 0.0944. The van der Waals surface area contributed by atoms with Crippen molar-refractivity contribution in [2.24, 2.45) is 0 Å². The van der Waals surface area contributed by atoms with Gasteiger partial charge in [-0.15, -0.1) is 0 Å². The number of piperazine rings is 1. The standard InChI is InChI=1S/C12H18FN3O/c1-10-11(13)3-2-4-12(10)16-7-5-15(6-8-16)9-14-17/h2-4,14,17H,5-9H2,1H3. The van der Waals surface area contributed by atoms with E-state index in [0.29, 0.717) is 12.2 Å². The molecule has 0 radical (unpaired) electrons. The number of hydroxylamine groups is 1. The molecule has 2 rings (SSSR count). The molecule has 1 aliphatic rings. The Morgan fingerprint density at radius 3 is 2.65 bits per heavy atom. The highest BCUT2D eigenvalue weighted by atomic mass is 19.1. The fraction of sp³-hybridized carbons (Fsp3) is 0.500. The molecule has 94 valence electrons. The molecule has 2 N–H and O–H groups in total. The van der Waals surface area contributed by atoms with Crippen LogP contribution in [0.1, 0.15) is 5.56 Å². The van der Waals surface area contributed by atoms with Gasteiger partial charge in [0.25, 0.3) is 0 Å². The van der Waals surface area contributed by atoms with Crippen molar-refractivity contribution in [3.8, 4) is 0 Å². The predicted molar refractivity (Wildman–Crippen MR) is 64.7 cm³/mol. The van der Waals surface area contributed by atoms with Gasteiger partial charge >= 0.3 is 0 Å². The van der Waals surface area contributed by atoms with Gasteiger partial charge in [0.2, 0.25) is 0 Å². The Hall–Kier alpha value is -1.17. The van der Waals surface area contributed by atoms with Crippen molar-refractivity contribution in [1.82, 2.24) is 10.4 Å². The minimum Gasteiger partial charge on any atom is -0.369 e. The number of halogens is 1. The van der Waals surface area contributed by atoms with E-state index in [9.17, 15) is 4.39 Å². The molecule has 17 heavy (non-hydrogen) atoms. The minimum atomic E-state index is -0.151. The van der Waals surface area contributed by atoms with Crippen LogP contribution < -0.4 is 10.4 Å². The summed E-state index contributed by atoms with van der Waals surface area (Å²) in [5.41, 5.74) is 3.84. The number of anilines is 1. The van der Waals surface area contributed by atoms with Crippen LogP contribution in [0, 0.1) is 12.7 Å². The molecule has 0 aliphatic carbocycles. The lowest BCUT2D eigenvalue weighted by atomic mass is 10.1. The highest BCUT2D eigenvalue weighted by Gasteiger charge is 2.18. The number of nitrogens with zero attached hydrogens (tertiary/aromatic N) is 2. The summed E-state index contributed by atoms with van der Waals surface area (Å²) in [6.45, 7) is 5.73. The second-order valence-electron chi connectivity index (χ2n) is 4.31. The fourth-order valence-electron chi connectivity index (χ4n) is 2.19. The average molecular weight is 239 g/mol. The molecule has 0 unspecified atom stereocenters. The van der Waals surface area contributed by atoms with E-state index in [2.05, 4.69) is 15.3 Å². The van der Waals surface area contributed by atoms with Crippen LogP contribution >= 0.6 is 0 Å². The molecule has 1 aromatic rings. The Balaban J connectivity index is 2.03. The summed E-state index contributed by atoms with van der Waals surface area (Å²) < 4.78 is 13.5. The number of rotatable bonds is 3. The van der Waals surface area contributed by atoms with Crippen LogP contribution in [0.25, 0.3) is 0 Å². The van der Waals surface area contributed by atoms with E-state index in [4.69, 9.17) is 5.21 Å². The molecule has 1 heterocycles. The number of nitrogens with one attached hydrogen (secondary N) is 1. The Morgan fingerprint density at radius 1 is 1.29 bits per heavy atom. The summed E-state index contributed by atoms with van der Waals surface area (Å²) in [5, 5.41) is 8.63. The van der Waals surface area contributed by atoms with Gasteiger partial charge in [0.1, 0.15) is 5.82 Å². The van der Waals surface area contributed by atoms with Crippen LogP contribution in [0.3, 0.4) is 0 Å². The molecule has 0 saturated carbocycles. The smallest absolute Gasteiger partial charge is 0.128 e. The maximum absolute atomic E-state index is 13.5. The Kier molecular flexibility index (Phi) is 3.93. The van der Waals surface area contributed by atoms with Crippen LogP contribution in [0.15, 0.2) is 18.2 Å². The SMILES string of the molecule is Cc1c(F)cccc1N1CCN(CNO)CC1. The second kappa shape index (κ2) is 5.44. The molecule has 1 aromatic carbocycles. The molecule has 0 spiro atoms. The zero-order valence-electron chi connectivity index (χ0n) is 9.99. The zero-order valence-corrected chi connectivity index (χ0v) is 9.99. The Labute approximate surface area is 101 Å². The molecular weight excluding hydrogens is 221 g/mol. The molecule has 0 bridgehead atoms. The second-order valence-corrected chi connectivity index (χ2v) is 4.31. The first-order valence-corrected chi connectivity index (χ1v) is 5.81. The molecule has 1 fully saturated rings. The molecule has 5 heteroatoms. The maximum Gasteiger partial charge on any atom is 0.128 e. The average Bonchev–Trinajstić information content (AvgIpc) is 2.34. The third-order valence-corrected chi connectivity index (χ3v) is 3.25. The van der Waals surface area contributed by atoms with Crippen molar-refractivity contribution in [3.05, 3.63) is 29.6 Å². The third kappa shape index (κ3) is 2.74. The van der Waals surface area contributed by atoms with Crippen LogP contribution in [-0.4, -0.2) is 43.0 Å². The highest BCUT2D eigenvalue weighted by molar-refractivity contribution is 5.53. The van der Waals surface area contributed by atoms with E-state index in [1.165, 1.54) is 6.07 Å². The Morgan fingerprint density at radius 2 is 2.00 bits per heavy atom. The van der Waals surface area contributed by atoms with Crippen LogP contribution in [0.4, 0.5) is 10.1 Å². The van der Waals surface area contributed by atoms with Gasteiger partial charge in [-0.05, 0) is 19.1 Å². The minimum absolute atomic E-state index is 0.151. The summed E-state index contributed by atoms with van der Waals surface area (Å²) >= 11 is 0. The summed E-state index contributed by atoms with van der Waals surface area (Å²) in [7, 11) is 0. The van der Waals surface area contributed by atoms with Gasteiger partial charge in [0.05, 0.1) is 6.67 Å². The normalized spacial score (nSPS) is 17.5. The van der Waals surface area contributed by atoms with E-state index in [-0.39, 0.29) is 5.82 Å².